The van der Waals surface area contributed by atoms with E-state index in [0.717, 1.165) is 17.0 Å². The van der Waals surface area contributed by atoms with Crippen LogP contribution >= 0.6 is 0 Å². The van der Waals surface area contributed by atoms with E-state index in [4.69, 9.17) is 10.2 Å². The highest BCUT2D eigenvalue weighted by Crippen LogP contribution is 2.39. The summed E-state index contributed by atoms with van der Waals surface area (Å²) in [7, 11) is 0. The lowest BCUT2D eigenvalue weighted by atomic mass is 9.81. The SMILES string of the molecule is CC1=[N+](CCO)c2ccc(C(=O)O)cc2C1(C)C. The highest BCUT2D eigenvalue weighted by atomic mass is 16.4. The summed E-state index contributed by atoms with van der Waals surface area (Å²) in [5.41, 5.74) is 3.25. The van der Waals surface area contributed by atoms with Gasteiger partial charge >= 0.3 is 5.97 Å². The summed E-state index contributed by atoms with van der Waals surface area (Å²) in [4.78, 5) is 11.0. The Labute approximate surface area is 106 Å². The van der Waals surface area contributed by atoms with E-state index in [1.807, 2.05) is 13.0 Å². The summed E-state index contributed by atoms with van der Waals surface area (Å²) in [5, 5.41) is 18.2. The predicted molar refractivity (Wildman–Crippen MR) is 69.0 cm³/mol. The van der Waals surface area contributed by atoms with Gasteiger partial charge in [-0.25, -0.2) is 4.79 Å². The number of carboxylic acid groups (broad SMARTS) is 1. The number of carbonyl (C=O) groups is 1. The topological polar surface area (TPSA) is 60.5 Å². The molecule has 0 radical (unpaired) electrons. The molecule has 4 heteroatoms. The molecule has 0 aliphatic carbocycles. The molecule has 1 aliphatic heterocycles. The molecule has 0 amide bonds. The minimum atomic E-state index is -0.910. The van der Waals surface area contributed by atoms with Gasteiger partial charge in [0.05, 0.1) is 11.0 Å². The molecule has 0 bridgehead atoms. The van der Waals surface area contributed by atoms with E-state index in [9.17, 15) is 4.79 Å². The molecule has 1 aliphatic rings. The molecule has 0 saturated carbocycles. The Morgan fingerprint density at radius 2 is 2.06 bits per heavy atom. The Bertz CT molecular complexity index is 544. The lowest BCUT2D eigenvalue weighted by Crippen LogP contribution is -2.27. The van der Waals surface area contributed by atoms with Crippen molar-refractivity contribution in [2.45, 2.75) is 26.2 Å². The van der Waals surface area contributed by atoms with Crippen LogP contribution in [-0.2, 0) is 5.41 Å². The van der Waals surface area contributed by atoms with Gasteiger partial charge in [0.1, 0.15) is 6.61 Å². The van der Waals surface area contributed by atoms with Gasteiger partial charge in [-0.15, -0.1) is 0 Å². The first kappa shape index (κ1) is 12.8. The van der Waals surface area contributed by atoms with Crippen molar-refractivity contribution < 1.29 is 19.6 Å². The zero-order valence-electron chi connectivity index (χ0n) is 10.9. The number of hydrogen-bond acceptors (Lipinski definition) is 2. The third kappa shape index (κ3) is 1.73. The maximum atomic E-state index is 11.0. The van der Waals surface area contributed by atoms with Gasteiger partial charge < -0.3 is 10.2 Å². The average Bonchev–Trinajstić information content (AvgIpc) is 2.51. The third-order valence-electron chi connectivity index (χ3n) is 3.84. The Kier molecular flexibility index (Phi) is 2.99. The third-order valence-corrected chi connectivity index (χ3v) is 3.84. The fourth-order valence-electron chi connectivity index (χ4n) is 2.51. The Morgan fingerprint density at radius 3 is 2.61 bits per heavy atom. The summed E-state index contributed by atoms with van der Waals surface area (Å²) >= 11 is 0. The molecule has 0 atom stereocenters. The molecule has 0 unspecified atom stereocenters. The standard InChI is InChI=1S/C14H17NO3/c1-9-14(2,3)11-8-10(13(17)18)4-5-12(11)15(9)6-7-16/h4-5,8,16H,6-7H2,1-3H3/p+1. The first-order valence-electron chi connectivity index (χ1n) is 6.00. The van der Waals surface area contributed by atoms with Crippen molar-refractivity contribution in [1.82, 2.24) is 0 Å². The van der Waals surface area contributed by atoms with E-state index < -0.39 is 5.97 Å². The molecule has 96 valence electrons. The zero-order valence-corrected chi connectivity index (χ0v) is 10.9. The molecule has 2 N–H and O–H groups in total. The number of fused-ring (bicyclic) bond motifs is 1. The number of rotatable bonds is 3. The Balaban J connectivity index is 2.61. The van der Waals surface area contributed by atoms with E-state index >= 15 is 0 Å². The van der Waals surface area contributed by atoms with E-state index in [1.54, 1.807) is 12.1 Å². The van der Waals surface area contributed by atoms with Crippen molar-refractivity contribution >= 4 is 17.4 Å². The zero-order chi connectivity index (χ0) is 13.5. The molecule has 0 saturated heterocycles. The van der Waals surface area contributed by atoms with Crippen LogP contribution in [0.25, 0.3) is 0 Å². The minimum Gasteiger partial charge on any atom is -0.478 e. The summed E-state index contributed by atoms with van der Waals surface area (Å²) < 4.78 is 2.06. The number of nitrogens with zero attached hydrogens (tertiary/aromatic N) is 1. The normalized spacial score (nSPS) is 16.9. The van der Waals surface area contributed by atoms with Gasteiger partial charge in [0.25, 0.3) is 0 Å². The summed E-state index contributed by atoms with van der Waals surface area (Å²) in [6.07, 6.45) is 0. The lowest BCUT2D eigenvalue weighted by Gasteiger charge is -2.15. The molecule has 1 aromatic rings. The molecule has 0 aromatic heterocycles. The largest absolute Gasteiger partial charge is 0.478 e. The van der Waals surface area contributed by atoms with Gasteiger partial charge in [-0.05, 0) is 26.0 Å². The fraction of sp³-hybridized carbons (Fsp3) is 0.429. The molecule has 0 spiro atoms. The van der Waals surface area contributed by atoms with Gasteiger partial charge in [-0.2, -0.15) is 4.58 Å². The number of benzene rings is 1. The van der Waals surface area contributed by atoms with Crippen molar-refractivity contribution in [2.75, 3.05) is 13.2 Å². The molecule has 4 nitrogen and oxygen atoms in total. The van der Waals surface area contributed by atoms with E-state index in [1.165, 1.54) is 0 Å². The predicted octanol–water partition coefficient (Wildman–Crippen LogP) is 1.77. The van der Waals surface area contributed by atoms with Crippen LogP contribution < -0.4 is 0 Å². The van der Waals surface area contributed by atoms with E-state index in [2.05, 4.69) is 18.4 Å². The van der Waals surface area contributed by atoms with Crippen molar-refractivity contribution in [3.05, 3.63) is 29.3 Å². The molecule has 1 aromatic carbocycles. The van der Waals surface area contributed by atoms with Crippen LogP contribution in [0.2, 0.25) is 0 Å². The lowest BCUT2D eigenvalue weighted by molar-refractivity contribution is -0.442. The molecule has 2 rings (SSSR count). The van der Waals surface area contributed by atoms with Crippen molar-refractivity contribution in [3.63, 3.8) is 0 Å². The number of aliphatic hydroxyl groups excluding tert-OH is 1. The Hall–Kier alpha value is -1.68. The first-order chi connectivity index (χ1) is 8.39. The van der Waals surface area contributed by atoms with Crippen LogP contribution in [0.15, 0.2) is 18.2 Å². The molecular weight excluding hydrogens is 230 g/mol. The monoisotopic (exact) mass is 248 g/mol. The van der Waals surface area contributed by atoms with Crippen LogP contribution in [0.1, 0.15) is 36.7 Å². The molecular formula is C14H18NO3+. The number of aliphatic hydroxyl groups is 1. The fourth-order valence-corrected chi connectivity index (χ4v) is 2.51. The maximum Gasteiger partial charge on any atom is 0.335 e. The smallest absolute Gasteiger partial charge is 0.335 e. The summed E-state index contributed by atoms with van der Waals surface area (Å²) in [5.74, 6) is -0.910. The second-order valence-electron chi connectivity index (χ2n) is 5.12. The summed E-state index contributed by atoms with van der Waals surface area (Å²) in [6.45, 7) is 6.78. The highest BCUT2D eigenvalue weighted by Gasteiger charge is 2.43. The first-order valence-corrected chi connectivity index (χ1v) is 6.00. The van der Waals surface area contributed by atoms with Crippen LogP contribution in [0.4, 0.5) is 5.69 Å². The van der Waals surface area contributed by atoms with Gasteiger partial charge in [0.15, 0.2) is 12.3 Å². The van der Waals surface area contributed by atoms with Gasteiger partial charge in [0.2, 0.25) is 5.69 Å². The van der Waals surface area contributed by atoms with Crippen LogP contribution in [0, 0.1) is 0 Å². The van der Waals surface area contributed by atoms with Crippen molar-refractivity contribution in [2.24, 2.45) is 0 Å². The molecule has 0 fully saturated rings. The van der Waals surface area contributed by atoms with Crippen molar-refractivity contribution in [3.8, 4) is 0 Å². The van der Waals surface area contributed by atoms with Gasteiger partial charge in [-0.1, -0.05) is 0 Å². The van der Waals surface area contributed by atoms with E-state index in [0.29, 0.717) is 12.1 Å². The van der Waals surface area contributed by atoms with Gasteiger partial charge in [0, 0.05) is 18.6 Å². The quantitative estimate of drug-likeness (QED) is 0.801. The number of β-amino-alcohol motifs (C(OH)–C–C–N with tert-alkyl or cyclic N) is 1. The molecule has 18 heavy (non-hydrogen) atoms. The van der Waals surface area contributed by atoms with Gasteiger partial charge in [-0.3, -0.25) is 0 Å². The van der Waals surface area contributed by atoms with Crippen molar-refractivity contribution in [1.29, 1.82) is 0 Å². The summed E-state index contributed by atoms with van der Waals surface area (Å²) in [6, 6.07) is 5.17. The minimum absolute atomic E-state index is 0.0769. The Morgan fingerprint density at radius 1 is 1.39 bits per heavy atom. The van der Waals surface area contributed by atoms with Crippen LogP contribution in [-0.4, -0.2) is 39.6 Å². The second-order valence-corrected chi connectivity index (χ2v) is 5.12. The molecule has 1 heterocycles. The number of carboxylic acids is 1. The number of aromatic carboxylic acids is 1. The van der Waals surface area contributed by atoms with E-state index in [-0.39, 0.29) is 12.0 Å². The second kappa shape index (κ2) is 4.21. The van der Waals surface area contributed by atoms with Crippen LogP contribution in [0.5, 0.6) is 0 Å². The van der Waals surface area contributed by atoms with Crippen LogP contribution in [0.3, 0.4) is 0 Å². The highest BCUT2D eigenvalue weighted by molar-refractivity contribution is 5.95. The number of hydrogen-bond donors (Lipinski definition) is 2. The average molecular weight is 248 g/mol. The maximum absolute atomic E-state index is 11.0.